The second-order valence-electron chi connectivity index (χ2n) is 7.33. The van der Waals surface area contributed by atoms with Crippen molar-refractivity contribution in [3.05, 3.63) is 53.9 Å². The summed E-state index contributed by atoms with van der Waals surface area (Å²) in [6.07, 6.45) is 0. The predicted octanol–water partition coefficient (Wildman–Crippen LogP) is 2.22. The van der Waals surface area contributed by atoms with Gasteiger partial charge in [0.15, 0.2) is 0 Å². The second kappa shape index (κ2) is 8.84. The normalized spacial score (nSPS) is 14.8. The number of hydrogen-bond donors (Lipinski definition) is 2. The van der Waals surface area contributed by atoms with Gasteiger partial charge in [-0.1, -0.05) is 6.07 Å². The molecular weight excluding hydrogens is 354 g/mol. The van der Waals surface area contributed by atoms with Crippen LogP contribution in [-0.4, -0.2) is 61.0 Å². The lowest BCUT2D eigenvalue weighted by Gasteiger charge is -2.34. The first-order chi connectivity index (χ1) is 13.4. The number of amides is 2. The maximum Gasteiger partial charge on any atom is 0.274 e. The zero-order chi connectivity index (χ0) is 20.1. The summed E-state index contributed by atoms with van der Waals surface area (Å²) < 4.78 is 0. The molecule has 0 bridgehead atoms. The molecule has 2 N–H and O–H groups in total. The fourth-order valence-corrected chi connectivity index (χ4v) is 3.04. The van der Waals surface area contributed by atoms with Crippen LogP contribution in [0, 0.1) is 0 Å². The van der Waals surface area contributed by atoms with Gasteiger partial charge in [0.1, 0.15) is 11.4 Å². The topological polar surface area (TPSA) is 77.6 Å². The van der Waals surface area contributed by atoms with E-state index in [9.17, 15) is 9.59 Å². The zero-order valence-electron chi connectivity index (χ0n) is 16.6. The van der Waals surface area contributed by atoms with Crippen molar-refractivity contribution in [2.45, 2.75) is 19.9 Å². The van der Waals surface area contributed by atoms with Crippen LogP contribution in [0.15, 0.2) is 42.5 Å². The summed E-state index contributed by atoms with van der Waals surface area (Å²) in [7, 11) is 2.13. The van der Waals surface area contributed by atoms with Crippen LogP contribution in [0.3, 0.4) is 0 Å². The third kappa shape index (κ3) is 5.07. The molecule has 1 saturated heterocycles. The SMILES string of the molecule is CC(C)NC(=O)c1cccc(C(=O)Nc2ccc(N3CCN(C)CC3)cc2)n1. The molecular formula is C21H27N5O2. The predicted molar refractivity (Wildman–Crippen MR) is 111 cm³/mol. The minimum atomic E-state index is -0.341. The summed E-state index contributed by atoms with van der Waals surface area (Å²) in [5, 5.41) is 5.62. The van der Waals surface area contributed by atoms with Crippen LogP contribution in [0.25, 0.3) is 0 Å². The Kier molecular flexibility index (Phi) is 6.26. The molecule has 0 aliphatic carbocycles. The molecule has 2 amide bonds. The molecule has 1 aliphatic heterocycles. The highest BCUT2D eigenvalue weighted by atomic mass is 16.2. The number of likely N-dealkylation sites (N-methyl/N-ethyl adjacent to an activating group) is 1. The summed E-state index contributed by atoms with van der Waals surface area (Å²) in [5.41, 5.74) is 2.28. The van der Waals surface area contributed by atoms with E-state index < -0.39 is 0 Å². The number of nitrogens with one attached hydrogen (secondary N) is 2. The van der Waals surface area contributed by atoms with Gasteiger partial charge < -0.3 is 20.4 Å². The van der Waals surface area contributed by atoms with Gasteiger partial charge in [-0.2, -0.15) is 0 Å². The summed E-state index contributed by atoms with van der Waals surface area (Å²) in [5.74, 6) is -0.632. The van der Waals surface area contributed by atoms with Gasteiger partial charge in [0, 0.05) is 43.6 Å². The van der Waals surface area contributed by atoms with E-state index in [1.54, 1.807) is 18.2 Å². The van der Waals surface area contributed by atoms with E-state index >= 15 is 0 Å². The molecule has 1 aromatic carbocycles. The summed E-state index contributed by atoms with van der Waals surface area (Å²) >= 11 is 0. The number of aromatic nitrogens is 1. The monoisotopic (exact) mass is 381 g/mol. The summed E-state index contributed by atoms with van der Waals surface area (Å²) in [4.78, 5) is 33.4. The maximum absolute atomic E-state index is 12.5. The first kappa shape index (κ1) is 19.8. The highest BCUT2D eigenvalue weighted by Crippen LogP contribution is 2.19. The van der Waals surface area contributed by atoms with Crippen LogP contribution in [-0.2, 0) is 0 Å². The molecule has 0 saturated carbocycles. The minimum Gasteiger partial charge on any atom is -0.369 e. The number of nitrogens with zero attached hydrogens (tertiary/aromatic N) is 3. The van der Waals surface area contributed by atoms with Crippen molar-refractivity contribution in [2.75, 3.05) is 43.4 Å². The molecule has 7 heteroatoms. The first-order valence-electron chi connectivity index (χ1n) is 9.55. The molecule has 2 aromatic rings. The molecule has 1 aliphatic rings. The van der Waals surface area contributed by atoms with Crippen molar-refractivity contribution >= 4 is 23.2 Å². The van der Waals surface area contributed by atoms with E-state index in [0.29, 0.717) is 5.69 Å². The Labute approximate surface area is 165 Å². The van der Waals surface area contributed by atoms with Crippen molar-refractivity contribution in [1.29, 1.82) is 0 Å². The van der Waals surface area contributed by atoms with Gasteiger partial charge in [0.05, 0.1) is 0 Å². The third-order valence-corrected chi connectivity index (χ3v) is 4.63. The lowest BCUT2D eigenvalue weighted by molar-refractivity contribution is 0.0938. The van der Waals surface area contributed by atoms with Crippen LogP contribution >= 0.6 is 0 Å². The van der Waals surface area contributed by atoms with E-state index in [0.717, 1.165) is 31.9 Å². The standard InChI is InChI=1S/C21H27N5O2/c1-15(2)22-20(27)18-5-4-6-19(24-18)21(28)23-16-7-9-17(10-8-16)26-13-11-25(3)12-14-26/h4-10,15H,11-14H2,1-3H3,(H,22,27)(H,23,28). The van der Waals surface area contributed by atoms with Gasteiger partial charge in [0.25, 0.3) is 11.8 Å². The summed E-state index contributed by atoms with van der Waals surface area (Å²) in [6, 6.07) is 12.7. The highest BCUT2D eigenvalue weighted by Gasteiger charge is 2.15. The molecule has 2 heterocycles. The van der Waals surface area contributed by atoms with Gasteiger partial charge in [-0.15, -0.1) is 0 Å². The molecule has 0 unspecified atom stereocenters. The fourth-order valence-electron chi connectivity index (χ4n) is 3.04. The Morgan fingerprint density at radius 3 is 2.14 bits per heavy atom. The van der Waals surface area contributed by atoms with Gasteiger partial charge in [-0.25, -0.2) is 4.98 Å². The Hall–Kier alpha value is -2.93. The number of rotatable bonds is 5. The van der Waals surface area contributed by atoms with Crippen molar-refractivity contribution in [3.8, 4) is 0 Å². The number of carbonyl (C=O) groups excluding carboxylic acids is 2. The van der Waals surface area contributed by atoms with Crippen LogP contribution in [0.1, 0.15) is 34.8 Å². The number of benzene rings is 1. The van der Waals surface area contributed by atoms with Gasteiger partial charge in [-0.05, 0) is 57.3 Å². The average molecular weight is 381 g/mol. The maximum atomic E-state index is 12.5. The molecule has 148 valence electrons. The number of carbonyl (C=O) groups is 2. The lowest BCUT2D eigenvalue weighted by atomic mass is 10.2. The number of anilines is 2. The molecule has 1 aromatic heterocycles. The van der Waals surface area contributed by atoms with Crippen molar-refractivity contribution in [2.24, 2.45) is 0 Å². The largest absolute Gasteiger partial charge is 0.369 e. The van der Waals surface area contributed by atoms with Crippen molar-refractivity contribution < 1.29 is 9.59 Å². The van der Waals surface area contributed by atoms with E-state index in [1.807, 2.05) is 38.1 Å². The van der Waals surface area contributed by atoms with Gasteiger partial charge in [-0.3, -0.25) is 9.59 Å². The zero-order valence-corrected chi connectivity index (χ0v) is 16.6. The fraction of sp³-hybridized carbons (Fsp3) is 0.381. The average Bonchev–Trinajstić information content (AvgIpc) is 2.69. The van der Waals surface area contributed by atoms with Crippen LogP contribution in [0.2, 0.25) is 0 Å². The second-order valence-corrected chi connectivity index (χ2v) is 7.33. The van der Waals surface area contributed by atoms with Crippen LogP contribution in [0.5, 0.6) is 0 Å². The van der Waals surface area contributed by atoms with Crippen molar-refractivity contribution in [3.63, 3.8) is 0 Å². The van der Waals surface area contributed by atoms with E-state index in [-0.39, 0.29) is 29.2 Å². The highest BCUT2D eigenvalue weighted by molar-refractivity contribution is 6.03. The Balaban J connectivity index is 1.64. The van der Waals surface area contributed by atoms with E-state index in [1.165, 1.54) is 0 Å². The van der Waals surface area contributed by atoms with Gasteiger partial charge in [0.2, 0.25) is 0 Å². The van der Waals surface area contributed by atoms with E-state index in [2.05, 4.69) is 32.5 Å². The Morgan fingerprint density at radius 1 is 0.929 bits per heavy atom. The van der Waals surface area contributed by atoms with Gasteiger partial charge >= 0.3 is 0 Å². The molecule has 0 radical (unpaired) electrons. The molecule has 0 spiro atoms. The number of hydrogen-bond acceptors (Lipinski definition) is 5. The summed E-state index contributed by atoms with van der Waals surface area (Å²) in [6.45, 7) is 7.84. The Bertz CT molecular complexity index is 827. The lowest BCUT2D eigenvalue weighted by Crippen LogP contribution is -2.44. The molecule has 3 rings (SSSR count). The van der Waals surface area contributed by atoms with Crippen LogP contribution < -0.4 is 15.5 Å². The number of piperazine rings is 1. The quantitative estimate of drug-likeness (QED) is 0.830. The number of pyridine rings is 1. The first-order valence-corrected chi connectivity index (χ1v) is 9.55. The molecule has 1 fully saturated rings. The minimum absolute atomic E-state index is 0.00519. The molecule has 7 nitrogen and oxygen atoms in total. The third-order valence-electron chi connectivity index (χ3n) is 4.63. The van der Waals surface area contributed by atoms with Crippen molar-refractivity contribution in [1.82, 2.24) is 15.2 Å². The molecule has 0 atom stereocenters. The van der Waals surface area contributed by atoms with Crippen LogP contribution in [0.4, 0.5) is 11.4 Å². The smallest absolute Gasteiger partial charge is 0.274 e. The Morgan fingerprint density at radius 2 is 1.54 bits per heavy atom. The molecule has 28 heavy (non-hydrogen) atoms. The van der Waals surface area contributed by atoms with E-state index in [4.69, 9.17) is 0 Å².